The highest BCUT2D eigenvalue weighted by Gasteiger charge is 2.83. The Morgan fingerprint density at radius 3 is 2.56 bits per heavy atom. The lowest BCUT2D eigenvalue weighted by molar-refractivity contribution is 0.411. The Morgan fingerprint density at radius 2 is 2.06 bits per heavy atom. The zero-order valence-corrected chi connectivity index (χ0v) is 10.6. The van der Waals surface area contributed by atoms with Crippen LogP contribution in [0.15, 0.2) is 18.2 Å². The standard InChI is InChI=1S/C15H20O/c1-5-13-14-10(3)15(13,14)11-6-9(2)7-12(8-11)16-4/h6-8,10,13-14H,5H2,1-4H3/t10?,13-,14?,15?/m1/s1. The number of fused-ring (bicyclic) bond motifs is 1. The van der Waals surface area contributed by atoms with Gasteiger partial charge in [-0.05, 0) is 47.9 Å². The van der Waals surface area contributed by atoms with Crippen molar-refractivity contribution < 1.29 is 4.74 Å². The number of hydrogen-bond donors (Lipinski definition) is 0. The molecule has 0 bridgehead atoms. The molecule has 1 heteroatoms. The fourth-order valence-corrected chi connectivity index (χ4v) is 4.08. The Kier molecular flexibility index (Phi) is 1.93. The van der Waals surface area contributed by atoms with Crippen LogP contribution in [0.25, 0.3) is 0 Å². The van der Waals surface area contributed by atoms with E-state index >= 15 is 0 Å². The molecular weight excluding hydrogens is 196 g/mol. The first kappa shape index (κ1) is 10.2. The van der Waals surface area contributed by atoms with Gasteiger partial charge in [-0.1, -0.05) is 26.3 Å². The summed E-state index contributed by atoms with van der Waals surface area (Å²) in [6.45, 7) is 6.87. The predicted octanol–water partition coefficient (Wildman–Crippen LogP) is 3.55. The van der Waals surface area contributed by atoms with Crippen molar-refractivity contribution in [1.29, 1.82) is 0 Å². The first-order valence-corrected chi connectivity index (χ1v) is 6.32. The molecule has 0 aliphatic heterocycles. The van der Waals surface area contributed by atoms with Gasteiger partial charge in [0.1, 0.15) is 5.75 Å². The van der Waals surface area contributed by atoms with Crippen LogP contribution < -0.4 is 4.74 Å². The Bertz CT molecular complexity index is 431. The van der Waals surface area contributed by atoms with Gasteiger partial charge >= 0.3 is 0 Å². The number of aryl methyl sites for hydroxylation is 1. The Labute approximate surface area is 97.8 Å². The fraction of sp³-hybridized carbons (Fsp3) is 0.600. The maximum absolute atomic E-state index is 5.38. The van der Waals surface area contributed by atoms with E-state index in [2.05, 4.69) is 39.0 Å². The van der Waals surface area contributed by atoms with Gasteiger partial charge < -0.3 is 4.74 Å². The molecule has 0 N–H and O–H groups in total. The van der Waals surface area contributed by atoms with Gasteiger partial charge in [0.15, 0.2) is 0 Å². The van der Waals surface area contributed by atoms with Gasteiger partial charge in [-0.25, -0.2) is 0 Å². The average molecular weight is 216 g/mol. The Balaban J connectivity index is 1.99. The third-order valence-corrected chi connectivity index (χ3v) is 4.90. The molecule has 1 aromatic carbocycles. The molecule has 2 aliphatic carbocycles. The number of methoxy groups -OCH3 is 1. The molecule has 86 valence electrons. The van der Waals surface area contributed by atoms with Gasteiger partial charge in [0.2, 0.25) is 0 Å². The molecule has 0 radical (unpaired) electrons. The molecule has 2 saturated carbocycles. The van der Waals surface area contributed by atoms with Crippen molar-refractivity contribution in [2.45, 2.75) is 32.6 Å². The van der Waals surface area contributed by atoms with Crippen molar-refractivity contribution in [2.75, 3.05) is 7.11 Å². The van der Waals surface area contributed by atoms with E-state index in [-0.39, 0.29) is 0 Å². The molecule has 0 heterocycles. The molecule has 2 aliphatic rings. The molecule has 1 nitrogen and oxygen atoms in total. The third-order valence-electron chi connectivity index (χ3n) is 4.90. The third kappa shape index (κ3) is 1.02. The molecular formula is C15H20O. The Hall–Kier alpha value is -0.980. The molecule has 0 amide bonds. The minimum atomic E-state index is 0.536. The van der Waals surface area contributed by atoms with Gasteiger partial charge in [0.25, 0.3) is 0 Å². The summed E-state index contributed by atoms with van der Waals surface area (Å²) in [6, 6.07) is 6.72. The topological polar surface area (TPSA) is 9.23 Å². The zero-order chi connectivity index (χ0) is 11.5. The minimum Gasteiger partial charge on any atom is -0.497 e. The lowest BCUT2D eigenvalue weighted by Gasteiger charge is -2.17. The number of rotatable bonds is 3. The largest absolute Gasteiger partial charge is 0.497 e. The van der Waals surface area contributed by atoms with E-state index in [0.29, 0.717) is 5.41 Å². The quantitative estimate of drug-likeness (QED) is 0.751. The monoisotopic (exact) mass is 216 g/mol. The summed E-state index contributed by atoms with van der Waals surface area (Å²) in [6.07, 6.45) is 1.32. The first-order valence-electron chi connectivity index (χ1n) is 6.32. The van der Waals surface area contributed by atoms with Crippen molar-refractivity contribution in [3.63, 3.8) is 0 Å². The summed E-state index contributed by atoms with van der Waals surface area (Å²) in [4.78, 5) is 0. The number of hydrogen-bond acceptors (Lipinski definition) is 1. The fourth-order valence-electron chi connectivity index (χ4n) is 4.08. The molecule has 16 heavy (non-hydrogen) atoms. The van der Waals surface area contributed by atoms with Crippen LogP contribution in [0.3, 0.4) is 0 Å². The van der Waals surface area contributed by atoms with E-state index in [0.717, 1.165) is 23.5 Å². The summed E-state index contributed by atoms with van der Waals surface area (Å²) < 4.78 is 5.38. The lowest BCUT2D eigenvalue weighted by Crippen LogP contribution is -2.10. The second-order valence-corrected chi connectivity index (χ2v) is 5.50. The SMILES string of the molecule is CC[C@@H]1C2C(C)C21c1cc(C)cc(OC)c1. The minimum absolute atomic E-state index is 0.536. The van der Waals surface area contributed by atoms with Crippen molar-refractivity contribution >= 4 is 0 Å². The lowest BCUT2D eigenvalue weighted by atomic mass is 9.89. The molecule has 1 aromatic rings. The van der Waals surface area contributed by atoms with Crippen LogP contribution in [-0.4, -0.2) is 7.11 Å². The highest BCUT2D eigenvalue weighted by Crippen LogP contribution is 2.84. The van der Waals surface area contributed by atoms with Crippen LogP contribution >= 0.6 is 0 Å². The summed E-state index contributed by atoms with van der Waals surface area (Å²) >= 11 is 0. The highest BCUT2D eigenvalue weighted by molar-refractivity contribution is 5.52. The first-order chi connectivity index (χ1) is 7.66. The average Bonchev–Trinajstić information content (AvgIpc) is 3.13. The number of ether oxygens (including phenoxy) is 1. The maximum Gasteiger partial charge on any atom is 0.119 e. The molecule has 2 fully saturated rings. The van der Waals surface area contributed by atoms with Gasteiger partial charge in [-0.15, -0.1) is 0 Å². The van der Waals surface area contributed by atoms with E-state index in [4.69, 9.17) is 4.74 Å². The second-order valence-electron chi connectivity index (χ2n) is 5.50. The van der Waals surface area contributed by atoms with Crippen LogP contribution in [0.1, 0.15) is 31.4 Å². The van der Waals surface area contributed by atoms with Crippen LogP contribution in [-0.2, 0) is 5.41 Å². The summed E-state index contributed by atoms with van der Waals surface area (Å²) in [5.41, 5.74) is 3.38. The van der Waals surface area contributed by atoms with Crippen LogP contribution in [0.4, 0.5) is 0 Å². The summed E-state index contributed by atoms with van der Waals surface area (Å²) in [7, 11) is 1.76. The van der Waals surface area contributed by atoms with E-state index < -0.39 is 0 Å². The normalized spacial score (nSPS) is 39.1. The smallest absolute Gasteiger partial charge is 0.119 e. The molecule has 3 rings (SSSR count). The van der Waals surface area contributed by atoms with Crippen LogP contribution in [0.2, 0.25) is 0 Å². The molecule has 0 saturated heterocycles. The van der Waals surface area contributed by atoms with Crippen molar-refractivity contribution in [1.82, 2.24) is 0 Å². The molecule has 0 spiro atoms. The van der Waals surface area contributed by atoms with Gasteiger partial charge in [-0.2, -0.15) is 0 Å². The van der Waals surface area contributed by atoms with Gasteiger partial charge in [0, 0.05) is 5.41 Å². The molecule has 3 unspecified atom stereocenters. The van der Waals surface area contributed by atoms with E-state index in [1.165, 1.54) is 17.5 Å². The van der Waals surface area contributed by atoms with Gasteiger partial charge in [0.05, 0.1) is 7.11 Å². The van der Waals surface area contributed by atoms with Crippen molar-refractivity contribution in [2.24, 2.45) is 17.8 Å². The summed E-state index contributed by atoms with van der Waals surface area (Å²) in [5.74, 6) is 3.81. The number of benzene rings is 1. The van der Waals surface area contributed by atoms with Crippen molar-refractivity contribution in [3.8, 4) is 5.75 Å². The van der Waals surface area contributed by atoms with Crippen LogP contribution in [0, 0.1) is 24.7 Å². The summed E-state index contributed by atoms with van der Waals surface area (Å²) in [5, 5.41) is 0. The van der Waals surface area contributed by atoms with E-state index in [1.54, 1.807) is 7.11 Å². The predicted molar refractivity (Wildman–Crippen MR) is 65.8 cm³/mol. The van der Waals surface area contributed by atoms with E-state index in [9.17, 15) is 0 Å². The van der Waals surface area contributed by atoms with Gasteiger partial charge in [-0.3, -0.25) is 0 Å². The molecule has 4 atom stereocenters. The highest BCUT2D eigenvalue weighted by atomic mass is 16.5. The zero-order valence-electron chi connectivity index (χ0n) is 10.6. The van der Waals surface area contributed by atoms with E-state index in [1.807, 2.05) is 0 Å². The Morgan fingerprint density at radius 1 is 1.31 bits per heavy atom. The second kappa shape index (κ2) is 3.03. The molecule has 0 aromatic heterocycles. The maximum atomic E-state index is 5.38. The van der Waals surface area contributed by atoms with Crippen molar-refractivity contribution in [3.05, 3.63) is 29.3 Å². The van der Waals surface area contributed by atoms with Crippen LogP contribution in [0.5, 0.6) is 5.75 Å².